The number of nitrogen functional groups attached to an aromatic ring is 1. The zero-order valence-corrected chi connectivity index (χ0v) is 20.7. The largest absolute Gasteiger partial charge is 0.383 e. The number of halogens is 2. The molecular formula is C24H19BrFN5O3S. The van der Waals surface area contributed by atoms with Crippen molar-refractivity contribution < 1.29 is 17.6 Å². The maximum atomic E-state index is 15.0. The molecular weight excluding hydrogens is 537 g/mol. The zero-order valence-electron chi connectivity index (χ0n) is 18.3. The first-order valence-electron chi connectivity index (χ1n) is 10.2. The van der Waals surface area contributed by atoms with Gasteiger partial charge in [-0.3, -0.25) is 9.78 Å². The lowest BCUT2D eigenvalue weighted by Gasteiger charge is -2.12. The maximum absolute atomic E-state index is 15.0. The number of carbonyl (C=O) groups excluding carboxylic acids is 1. The fourth-order valence-corrected chi connectivity index (χ4v) is 4.71. The van der Waals surface area contributed by atoms with Gasteiger partial charge >= 0.3 is 0 Å². The van der Waals surface area contributed by atoms with Crippen LogP contribution in [0.1, 0.15) is 12.5 Å². The van der Waals surface area contributed by atoms with Crippen LogP contribution in [0.25, 0.3) is 27.5 Å². The van der Waals surface area contributed by atoms with Crippen LogP contribution in [0.2, 0.25) is 0 Å². The number of nitrogens with one attached hydrogen (secondary N) is 1. The number of carbonyl (C=O) groups is 1. The average molecular weight is 556 g/mol. The number of rotatable bonds is 5. The van der Waals surface area contributed by atoms with Crippen LogP contribution in [0, 0.1) is 0 Å². The summed E-state index contributed by atoms with van der Waals surface area (Å²) in [4.78, 5) is 20.4. The molecule has 0 aliphatic carbocycles. The lowest BCUT2D eigenvalue weighted by atomic mass is 10.0. The molecule has 0 saturated carbocycles. The molecule has 2 aromatic heterocycles. The summed E-state index contributed by atoms with van der Waals surface area (Å²) in [5, 5.41) is 9.31. The van der Waals surface area contributed by atoms with Crippen LogP contribution in [0.5, 0.6) is 0 Å². The van der Waals surface area contributed by atoms with Crippen molar-refractivity contribution in [2.45, 2.75) is 11.8 Å². The third kappa shape index (κ3) is 5.06. The number of hydrogen-bond donors (Lipinski definition) is 3. The van der Waals surface area contributed by atoms with Crippen molar-refractivity contribution in [3.63, 3.8) is 0 Å². The molecule has 0 unspecified atom stereocenters. The van der Waals surface area contributed by atoms with E-state index in [-0.39, 0.29) is 10.5 Å². The lowest BCUT2D eigenvalue weighted by Crippen LogP contribution is -2.14. The molecule has 5 N–H and O–H groups in total. The van der Waals surface area contributed by atoms with Gasteiger partial charge in [0, 0.05) is 34.0 Å². The van der Waals surface area contributed by atoms with Crippen molar-refractivity contribution in [3.05, 3.63) is 83.0 Å². The highest BCUT2D eigenvalue weighted by Gasteiger charge is 2.18. The quantitative estimate of drug-likeness (QED) is 0.306. The Hall–Kier alpha value is -3.67. The first-order chi connectivity index (χ1) is 16.6. The minimum absolute atomic E-state index is 0.134. The highest BCUT2D eigenvalue weighted by Crippen LogP contribution is 2.33. The summed E-state index contributed by atoms with van der Waals surface area (Å²) >= 11 is 3.34. The number of primary sulfonamides is 1. The van der Waals surface area contributed by atoms with Crippen molar-refractivity contribution in [1.29, 1.82) is 0 Å². The van der Waals surface area contributed by atoms with E-state index in [9.17, 15) is 13.2 Å². The van der Waals surface area contributed by atoms with Crippen LogP contribution in [0.3, 0.4) is 0 Å². The summed E-state index contributed by atoms with van der Waals surface area (Å²) in [6.07, 6.45) is 4.18. The Bertz CT molecular complexity index is 1620. The van der Waals surface area contributed by atoms with E-state index in [0.717, 1.165) is 11.6 Å². The van der Waals surface area contributed by atoms with Crippen LogP contribution in [0.15, 0.2) is 82.3 Å². The number of benzene rings is 2. The third-order valence-electron chi connectivity index (χ3n) is 5.38. The monoisotopic (exact) mass is 555 g/mol. The first kappa shape index (κ1) is 24.5. The van der Waals surface area contributed by atoms with Crippen LogP contribution in [-0.4, -0.2) is 24.3 Å². The Kier molecular flexibility index (Phi) is 6.66. The standard InChI is InChI=1S/C24H19BrFN5O3S/c1-13(15-3-2-14-6-9-30-23(27)18(14)10-15)22(26)24(32)31-20-5-4-16(11-19(20)25)17-7-8-29-12-21(17)35(28,33)34/h2-12H,1H3,(H2,27,30)(H,31,32)(H2,28,33,34)/b22-13+. The van der Waals surface area contributed by atoms with E-state index >= 15 is 4.39 Å². The number of aromatic nitrogens is 2. The zero-order chi connectivity index (χ0) is 25.3. The van der Waals surface area contributed by atoms with E-state index in [1.54, 1.807) is 42.6 Å². The van der Waals surface area contributed by atoms with Gasteiger partial charge in [0.05, 0.1) is 5.69 Å². The van der Waals surface area contributed by atoms with E-state index < -0.39 is 21.8 Å². The molecule has 8 nitrogen and oxygen atoms in total. The van der Waals surface area contributed by atoms with Gasteiger partial charge in [0.2, 0.25) is 10.0 Å². The van der Waals surface area contributed by atoms with Gasteiger partial charge in [-0.05, 0) is 75.3 Å². The molecule has 2 heterocycles. The predicted molar refractivity (Wildman–Crippen MR) is 137 cm³/mol. The number of hydrogen-bond acceptors (Lipinski definition) is 6. The number of anilines is 2. The van der Waals surface area contributed by atoms with E-state index in [4.69, 9.17) is 10.9 Å². The molecule has 4 rings (SSSR count). The number of fused-ring (bicyclic) bond motifs is 1. The minimum Gasteiger partial charge on any atom is -0.383 e. The van der Waals surface area contributed by atoms with Gasteiger partial charge in [-0.25, -0.2) is 22.9 Å². The molecule has 0 fully saturated rings. The Morgan fingerprint density at radius 1 is 1.09 bits per heavy atom. The number of nitrogens with two attached hydrogens (primary N) is 2. The van der Waals surface area contributed by atoms with E-state index in [1.807, 2.05) is 0 Å². The van der Waals surface area contributed by atoms with Crippen molar-refractivity contribution in [2.24, 2.45) is 5.14 Å². The van der Waals surface area contributed by atoms with Crippen molar-refractivity contribution in [2.75, 3.05) is 11.1 Å². The molecule has 1 amide bonds. The number of amides is 1. The van der Waals surface area contributed by atoms with Gasteiger partial charge in [-0.15, -0.1) is 0 Å². The summed E-state index contributed by atoms with van der Waals surface area (Å²) in [6.45, 7) is 1.50. The molecule has 0 spiro atoms. The molecule has 0 atom stereocenters. The molecule has 0 bridgehead atoms. The molecule has 0 saturated heterocycles. The van der Waals surface area contributed by atoms with Gasteiger partial charge in [-0.2, -0.15) is 0 Å². The van der Waals surface area contributed by atoms with E-state index in [1.165, 1.54) is 25.3 Å². The highest BCUT2D eigenvalue weighted by molar-refractivity contribution is 9.10. The van der Waals surface area contributed by atoms with Crippen LogP contribution in [0.4, 0.5) is 15.9 Å². The third-order valence-corrected chi connectivity index (χ3v) is 6.97. The molecule has 178 valence electrons. The molecule has 4 aromatic rings. The molecule has 0 aliphatic rings. The predicted octanol–water partition coefficient (Wildman–Crippen LogP) is 4.63. The molecule has 35 heavy (non-hydrogen) atoms. The van der Waals surface area contributed by atoms with Crippen molar-refractivity contribution in [3.8, 4) is 11.1 Å². The Morgan fingerprint density at radius 3 is 2.57 bits per heavy atom. The normalized spacial score (nSPS) is 12.3. The average Bonchev–Trinajstić information content (AvgIpc) is 2.84. The van der Waals surface area contributed by atoms with Crippen LogP contribution >= 0.6 is 15.9 Å². The van der Waals surface area contributed by atoms with Crippen LogP contribution < -0.4 is 16.2 Å². The van der Waals surface area contributed by atoms with Gasteiger partial charge in [-0.1, -0.05) is 18.2 Å². The topological polar surface area (TPSA) is 141 Å². The smallest absolute Gasteiger partial charge is 0.284 e. The highest BCUT2D eigenvalue weighted by atomic mass is 79.9. The van der Waals surface area contributed by atoms with Gasteiger partial charge in [0.1, 0.15) is 10.7 Å². The first-order valence-corrected chi connectivity index (χ1v) is 12.5. The number of nitrogens with zero attached hydrogens (tertiary/aromatic N) is 2. The Morgan fingerprint density at radius 2 is 1.86 bits per heavy atom. The maximum Gasteiger partial charge on any atom is 0.284 e. The number of sulfonamides is 1. The minimum atomic E-state index is -4.00. The van der Waals surface area contributed by atoms with Crippen LogP contribution in [-0.2, 0) is 14.8 Å². The number of pyridine rings is 2. The SMILES string of the molecule is C/C(=C(\F)C(=O)Nc1ccc(-c2ccncc2S(N)(=O)=O)cc1Br)c1ccc2ccnc(N)c2c1. The molecule has 2 aromatic carbocycles. The second kappa shape index (κ2) is 9.53. The summed E-state index contributed by atoms with van der Waals surface area (Å²) in [6, 6.07) is 13.2. The summed E-state index contributed by atoms with van der Waals surface area (Å²) in [7, 11) is -4.00. The van der Waals surface area contributed by atoms with Crippen molar-refractivity contribution >= 4 is 59.7 Å². The number of allylic oxidation sites excluding steroid dienone is 1. The lowest BCUT2D eigenvalue weighted by molar-refractivity contribution is -0.114. The van der Waals surface area contributed by atoms with Gasteiger partial charge in [0.25, 0.3) is 5.91 Å². The van der Waals surface area contributed by atoms with E-state index in [0.29, 0.717) is 38.1 Å². The summed E-state index contributed by atoms with van der Waals surface area (Å²) < 4.78 is 39.2. The second-order valence-electron chi connectivity index (χ2n) is 7.64. The fourth-order valence-electron chi connectivity index (χ4n) is 3.53. The van der Waals surface area contributed by atoms with E-state index in [2.05, 4.69) is 31.2 Å². The molecule has 0 aliphatic heterocycles. The molecule has 0 radical (unpaired) electrons. The Balaban J connectivity index is 1.62. The summed E-state index contributed by atoms with van der Waals surface area (Å²) in [5.41, 5.74) is 7.69. The van der Waals surface area contributed by atoms with Gasteiger partial charge in [0.15, 0.2) is 5.83 Å². The second-order valence-corrected chi connectivity index (χ2v) is 10.0. The fraction of sp³-hybridized carbons (Fsp3) is 0.0417. The Labute approximate surface area is 209 Å². The van der Waals surface area contributed by atoms with Gasteiger partial charge < -0.3 is 11.1 Å². The summed E-state index contributed by atoms with van der Waals surface area (Å²) in [5.74, 6) is -1.59. The van der Waals surface area contributed by atoms with Crippen molar-refractivity contribution in [1.82, 2.24) is 9.97 Å². The molecule has 11 heteroatoms.